The van der Waals surface area contributed by atoms with Gasteiger partial charge in [-0.15, -0.1) is 0 Å². The van der Waals surface area contributed by atoms with E-state index in [0.29, 0.717) is 18.0 Å². The maximum absolute atomic E-state index is 9.97. The van der Waals surface area contributed by atoms with Crippen LogP contribution in [0.2, 0.25) is 5.15 Å². The van der Waals surface area contributed by atoms with Gasteiger partial charge in [0.2, 0.25) is 0 Å². The number of anilines is 2. The molecule has 0 radical (unpaired) electrons. The summed E-state index contributed by atoms with van der Waals surface area (Å²) in [5.74, 6) is 7.18. The van der Waals surface area contributed by atoms with Crippen LogP contribution in [0.25, 0.3) is 0 Å². The third-order valence-electron chi connectivity index (χ3n) is 3.44. The lowest BCUT2D eigenvalue weighted by molar-refractivity contribution is 0.0348. The van der Waals surface area contributed by atoms with E-state index in [1.54, 1.807) is 0 Å². The average molecular weight is 334 g/mol. The van der Waals surface area contributed by atoms with E-state index in [9.17, 15) is 10.2 Å². The fraction of sp³-hybridized carbons (Fsp3) is 0.667. The van der Waals surface area contributed by atoms with E-state index in [1.807, 2.05) is 0 Å². The Morgan fingerprint density at radius 2 is 2.10 bits per heavy atom. The van der Waals surface area contributed by atoms with Gasteiger partial charge in [0.05, 0.1) is 12.1 Å². The summed E-state index contributed by atoms with van der Waals surface area (Å²) < 4.78 is 0. The van der Waals surface area contributed by atoms with Crippen LogP contribution in [0.4, 0.5) is 11.5 Å². The SMILES string of the molecule is CCCSc1nc(Cl)c(N)c(N(N)C2CCC(O)C2O)n1. The van der Waals surface area contributed by atoms with Crippen LogP contribution in [0.1, 0.15) is 26.2 Å². The molecule has 3 atom stereocenters. The number of nitrogens with zero attached hydrogens (tertiary/aromatic N) is 3. The van der Waals surface area contributed by atoms with E-state index in [2.05, 4.69) is 16.9 Å². The molecule has 0 aromatic carbocycles. The summed E-state index contributed by atoms with van der Waals surface area (Å²) in [7, 11) is 0. The van der Waals surface area contributed by atoms with Crippen molar-refractivity contribution in [2.24, 2.45) is 5.84 Å². The minimum Gasteiger partial charge on any atom is -0.393 e. The molecule has 7 nitrogen and oxygen atoms in total. The standard InChI is InChI=1S/C12H20ClN5O2S/c1-2-5-21-12-16-10(13)8(14)11(17-12)18(15)6-3-4-7(19)9(6)20/h6-7,9,19-20H,2-5,14-15H2,1H3. The van der Waals surface area contributed by atoms with Crippen LogP contribution in [0.3, 0.4) is 0 Å². The molecule has 1 fully saturated rings. The lowest BCUT2D eigenvalue weighted by atomic mass is 10.2. The molecule has 6 N–H and O–H groups in total. The fourth-order valence-corrected chi connectivity index (χ4v) is 3.18. The van der Waals surface area contributed by atoms with E-state index >= 15 is 0 Å². The first kappa shape index (κ1) is 16.6. The summed E-state index contributed by atoms with van der Waals surface area (Å²) in [6.07, 6.45) is 0.293. The van der Waals surface area contributed by atoms with Gasteiger partial charge in [-0.1, -0.05) is 30.3 Å². The van der Waals surface area contributed by atoms with Crippen LogP contribution >= 0.6 is 23.4 Å². The van der Waals surface area contributed by atoms with Gasteiger partial charge in [-0.3, -0.25) is 5.01 Å². The lowest BCUT2D eigenvalue weighted by Gasteiger charge is -2.29. The number of hydrazine groups is 1. The molecule has 0 saturated heterocycles. The average Bonchev–Trinajstić information content (AvgIpc) is 2.79. The zero-order valence-electron chi connectivity index (χ0n) is 11.7. The molecule has 0 bridgehead atoms. The number of halogens is 1. The number of hydrogen-bond donors (Lipinski definition) is 4. The van der Waals surface area contributed by atoms with Crippen molar-refractivity contribution < 1.29 is 10.2 Å². The smallest absolute Gasteiger partial charge is 0.191 e. The number of aliphatic hydroxyl groups is 2. The van der Waals surface area contributed by atoms with Crippen molar-refractivity contribution in [3.05, 3.63) is 5.15 Å². The maximum Gasteiger partial charge on any atom is 0.191 e. The zero-order chi connectivity index (χ0) is 15.6. The van der Waals surface area contributed by atoms with Gasteiger partial charge in [-0.05, 0) is 19.3 Å². The molecule has 3 unspecified atom stereocenters. The van der Waals surface area contributed by atoms with Crippen LogP contribution in [-0.2, 0) is 0 Å². The molecule has 9 heteroatoms. The highest BCUT2D eigenvalue weighted by Crippen LogP contribution is 2.33. The van der Waals surface area contributed by atoms with Crippen LogP contribution in [0.5, 0.6) is 0 Å². The maximum atomic E-state index is 9.97. The molecule has 1 aromatic rings. The molecule has 118 valence electrons. The molecule has 1 saturated carbocycles. The number of nitrogens with two attached hydrogens (primary N) is 2. The van der Waals surface area contributed by atoms with E-state index < -0.39 is 18.2 Å². The Kier molecular flexibility index (Phi) is 5.50. The summed E-state index contributed by atoms with van der Waals surface area (Å²) in [6, 6.07) is -0.447. The Bertz CT molecular complexity index is 507. The highest BCUT2D eigenvalue weighted by molar-refractivity contribution is 7.99. The van der Waals surface area contributed by atoms with Gasteiger partial charge in [0.1, 0.15) is 11.8 Å². The second kappa shape index (κ2) is 6.97. The van der Waals surface area contributed by atoms with Gasteiger partial charge in [-0.25, -0.2) is 15.8 Å². The number of nitrogen functional groups attached to an aromatic ring is 1. The molecule has 21 heavy (non-hydrogen) atoms. The first-order valence-electron chi connectivity index (χ1n) is 6.81. The number of thioether (sulfide) groups is 1. The highest BCUT2D eigenvalue weighted by atomic mass is 35.5. The fourth-order valence-electron chi connectivity index (χ4n) is 2.27. The van der Waals surface area contributed by atoms with Crippen LogP contribution in [0, 0.1) is 0 Å². The summed E-state index contributed by atoms with van der Waals surface area (Å²) in [5.41, 5.74) is 6.07. The van der Waals surface area contributed by atoms with E-state index in [1.165, 1.54) is 16.8 Å². The van der Waals surface area contributed by atoms with E-state index in [4.69, 9.17) is 23.2 Å². The second-order valence-corrected chi connectivity index (χ2v) is 6.41. The molecule has 1 aliphatic carbocycles. The summed E-state index contributed by atoms with van der Waals surface area (Å²) in [4.78, 5) is 8.44. The summed E-state index contributed by atoms with van der Waals surface area (Å²) >= 11 is 7.49. The van der Waals surface area contributed by atoms with Gasteiger partial charge >= 0.3 is 0 Å². The topological polar surface area (TPSA) is 122 Å². The molecule has 0 amide bonds. The van der Waals surface area contributed by atoms with Crippen molar-refractivity contribution in [3.8, 4) is 0 Å². The minimum atomic E-state index is -0.935. The Hall–Kier alpha value is -0.800. The molecule has 2 rings (SSSR count). The Balaban J connectivity index is 2.27. The zero-order valence-corrected chi connectivity index (χ0v) is 13.3. The lowest BCUT2D eigenvalue weighted by Crippen LogP contribution is -2.48. The normalized spacial score (nSPS) is 25.3. The van der Waals surface area contributed by atoms with Gasteiger partial charge in [0.25, 0.3) is 0 Å². The van der Waals surface area contributed by atoms with Gasteiger partial charge in [-0.2, -0.15) is 0 Å². The molecule has 0 aliphatic heterocycles. The van der Waals surface area contributed by atoms with Crippen LogP contribution in [-0.4, -0.2) is 44.2 Å². The van der Waals surface area contributed by atoms with E-state index in [0.717, 1.165) is 12.2 Å². The van der Waals surface area contributed by atoms with Crippen molar-refractivity contribution in [2.45, 2.75) is 49.6 Å². The van der Waals surface area contributed by atoms with Crippen LogP contribution < -0.4 is 16.6 Å². The second-order valence-electron chi connectivity index (χ2n) is 4.99. The first-order valence-corrected chi connectivity index (χ1v) is 8.18. The predicted octanol–water partition coefficient (Wildman–Crippen LogP) is 0.779. The quantitative estimate of drug-likeness (QED) is 0.205. The van der Waals surface area contributed by atoms with Crippen LogP contribution in [0.15, 0.2) is 5.16 Å². The number of rotatable bonds is 5. The Labute approximate surface area is 132 Å². The van der Waals surface area contributed by atoms with Crippen molar-refractivity contribution in [3.63, 3.8) is 0 Å². The Morgan fingerprint density at radius 3 is 2.67 bits per heavy atom. The molecule has 1 aliphatic rings. The van der Waals surface area contributed by atoms with Crippen molar-refractivity contribution >= 4 is 34.9 Å². The monoisotopic (exact) mass is 333 g/mol. The van der Waals surface area contributed by atoms with E-state index in [-0.39, 0.29) is 16.7 Å². The van der Waals surface area contributed by atoms with Gasteiger partial charge in [0, 0.05) is 5.75 Å². The predicted molar refractivity (Wildman–Crippen MR) is 84.2 cm³/mol. The third kappa shape index (κ3) is 3.51. The first-order chi connectivity index (χ1) is 9.95. The van der Waals surface area contributed by atoms with Crippen molar-refractivity contribution in [1.82, 2.24) is 9.97 Å². The van der Waals surface area contributed by atoms with Gasteiger partial charge in [0.15, 0.2) is 16.1 Å². The largest absolute Gasteiger partial charge is 0.393 e. The van der Waals surface area contributed by atoms with Crippen molar-refractivity contribution in [1.29, 1.82) is 0 Å². The third-order valence-corrected chi connectivity index (χ3v) is 4.78. The highest BCUT2D eigenvalue weighted by Gasteiger charge is 2.38. The summed E-state index contributed by atoms with van der Waals surface area (Å²) in [6.45, 7) is 2.05. The molecule has 0 spiro atoms. The molecule has 1 heterocycles. The number of hydrogen-bond acceptors (Lipinski definition) is 8. The number of aliphatic hydroxyl groups excluding tert-OH is 2. The summed E-state index contributed by atoms with van der Waals surface area (Å²) in [5, 5.41) is 21.5. The molecule has 1 aromatic heterocycles. The van der Waals surface area contributed by atoms with Gasteiger partial charge < -0.3 is 15.9 Å². The number of aromatic nitrogens is 2. The van der Waals surface area contributed by atoms with Crippen molar-refractivity contribution in [2.75, 3.05) is 16.5 Å². The minimum absolute atomic E-state index is 0.141. The molecular formula is C12H20ClN5O2S. The molecular weight excluding hydrogens is 314 g/mol. The Morgan fingerprint density at radius 1 is 1.38 bits per heavy atom.